The van der Waals surface area contributed by atoms with Crippen molar-refractivity contribution in [3.8, 4) is 5.75 Å². The Bertz CT molecular complexity index is 497. The van der Waals surface area contributed by atoms with Crippen molar-refractivity contribution in [2.24, 2.45) is 0 Å². The summed E-state index contributed by atoms with van der Waals surface area (Å²) in [6, 6.07) is 7.47. The number of amides is 1. The number of benzene rings is 1. The van der Waals surface area contributed by atoms with Crippen LogP contribution in [0.2, 0.25) is 0 Å². The van der Waals surface area contributed by atoms with E-state index in [1.807, 2.05) is 24.3 Å². The average molecular weight is 263 g/mol. The highest BCUT2D eigenvalue weighted by Crippen LogP contribution is 2.52. The van der Waals surface area contributed by atoms with Crippen LogP contribution in [-0.4, -0.2) is 31.6 Å². The lowest BCUT2D eigenvalue weighted by atomic mass is 10.1. The van der Waals surface area contributed by atoms with Gasteiger partial charge in [-0.3, -0.25) is 4.79 Å². The van der Waals surface area contributed by atoms with Crippen molar-refractivity contribution in [2.45, 2.75) is 24.8 Å². The Labute approximate surface area is 111 Å². The first-order valence-corrected chi connectivity index (χ1v) is 6.04. The van der Waals surface area contributed by atoms with Crippen LogP contribution in [0.4, 0.5) is 0 Å². The molecule has 0 aromatic heterocycles. The number of rotatable bonds is 4. The number of hydrogen-bond donors (Lipinski definition) is 1. The van der Waals surface area contributed by atoms with Gasteiger partial charge >= 0.3 is 5.97 Å². The van der Waals surface area contributed by atoms with E-state index < -0.39 is 11.5 Å². The normalized spacial score (nSPS) is 24.5. The first-order valence-electron chi connectivity index (χ1n) is 6.04. The molecule has 1 saturated carbocycles. The smallest absolute Gasteiger partial charge is 0.332 e. The van der Waals surface area contributed by atoms with Crippen LogP contribution in [-0.2, 0) is 14.3 Å². The van der Waals surface area contributed by atoms with Crippen molar-refractivity contribution >= 4 is 11.9 Å². The van der Waals surface area contributed by atoms with Gasteiger partial charge in [0.15, 0.2) is 0 Å². The van der Waals surface area contributed by atoms with Gasteiger partial charge in [-0.15, -0.1) is 0 Å². The van der Waals surface area contributed by atoms with E-state index in [2.05, 4.69) is 5.32 Å². The molecule has 0 unspecified atom stereocenters. The Balaban J connectivity index is 2.21. The summed E-state index contributed by atoms with van der Waals surface area (Å²) >= 11 is 0. The van der Waals surface area contributed by atoms with Crippen LogP contribution in [0.5, 0.6) is 5.75 Å². The van der Waals surface area contributed by atoms with E-state index in [-0.39, 0.29) is 11.8 Å². The molecule has 5 nitrogen and oxygen atoms in total. The second-order valence-electron chi connectivity index (χ2n) is 4.67. The van der Waals surface area contributed by atoms with E-state index in [0.29, 0.717) is 6.42 Å². The monoisotopic (exact) mass is 263 g/mol. The Morgan fingerprint density at radius 1 is 1.26 bits per heavy atom. The molecule has 1 aliphatic rings. The summed E-state index contributed by atoms with van der Waals surface area (Å²) < 4.78 is 9.89. The molecule has 1 N–H and O–H groups in total. The number of methoxy groups -OCH3 is 2. The standard InChI is InChI=1S/C14H17NO4/c1-9(16)15-14(13(17)19-3)8-12(14)10-4-6-11(18-2)7-5-10/h4-7,12H,8H2,1-3H3,(H,15,16)/t12-,14-/m0/s1. The van der Waals surface area contributed by atoms with Gasteiger partial charge in [0.05, 0.1) is 14.2 Å². The van der Waals surface area contributed by atoms with Crippen molar-refractivity contribution in [3.05, 3.63) is 29.8 Å². The highest BCUT2D eigenvalue weighted by Gasteiger charge is 2.62. The molecule has 0 saturated heterocycles. The van der Waals surface area contributed by atoms with Crippen LogP contribution in [0.25, 0.3) is 0 Å². The van der Waals surface area contributed by atoms with Crippen molar-refractivity contribution in [3.63, 3.8) is 0 Å². The molecule has 0 bridgehead atoms. The third-order valence-electron chi connectivity index (χ3n) is 3.43. The fourth-order valence-corrected chi connectivity index (χ4v) is 2.41. The lowest BCUT2D eigenvalue weighted by Crippen LogP contribution is -2.44. The summed E-state index contributed by atoms with van der Waals surface area (Å²) in [5, 5.41) is 2.71. The van der Waals surface area contributed by atoms with Gasteiger partial charge in [0.2, 0.25) is 5.91 Å². The van der Waals surface area contributed by atoms with E-state index in [0.717, 1.165) is 11.3 Å². The predicted molar refractivity (Wildman–Crippen MR) is 68.9 cm³/mol. The Morgan fingerprint density at radius 2 is 1.89 bits per heavy atom. The maximum Gasteiger partial charge on any atom is 0.332 e. The summed E-state index contributed by atoms with van der Waals surface area (Å²) in [6.45, 7) is 1.40. The van der Waals surface area contributed by atoms with Crippen LogP contribution >= 0.6 is 0 Å². The quantitative estimate of drug-likeness (QED) is 0.830. The third kappa shape index (κ3) is 2.41. The van der Waals surface area contributed by atoms with Crippen LogP contribution < -0.4 is 10.1 Å². The molecule has 102 valence electrons. The third-order valence-corrected chi connectivity index (χ3v) is 3.43. The molecule has 1 aliphatic carbocycles. The summed E-state index contributed by atoms with van der Waals surface area (Å²) in [4.78, 5) is 23.1. The molecule has 2 rings (SSSR count). The fourth-order valence-electron chi connectivity index (χ4n) is 2.41. The van der Waals surface area contributed by atoms with Gasteiger partial charge in [-0.25, -0.2) is 4.79 Å². The summed E-state index contributed by atoms with van der Waals surface area (Å²) in [5.74, 6) is 0.0762. The van der Waals surface area contributed by atoms with E-state index in [4.69, 9.17) is 9.47 Å². The van der Waals surface area contributed by atoms with Gasteiger partial charge in [0.1, 0.15) is 11.3 Å². The maximum absolute atomic E-state index is 11.9. The van der Waals surface area contributed by atoms with E-state index in [1.165, 1.54) is 14.0 Å². The van der Waals surface area contributed by atoms with Gasteiger partial charge in [-0.2, -0.15) is 0 Å². The van der Waals surface area contributed by atoms with Crippen molar-refractivity contribution < 1.29 is 19.1 Å². The van der Waals surface area contributed by atoms with E-state index in [1.54, 1.807) is 7.11 Å². The van der Waals surface area contributed by atoms with Crippen molar-refractivity contribution in [1.29, 1.82) is 0 Å². The molecular formula is C14H17NO4. The number of ether oxygens (including phenoxy) is 2. The SMILES string of the molecule is COC(=O)[C@]1(NC(C)=O)C[C@H]1c1ccc(OC)cc1. The minimum absolute atomic E-state index is 0.0465. The molecule has 1 fully saturated rings. The second-order valence-corrected chi connectivity index (χ2v) is 4.67. The minimum Gasteiger partial charge on any atom is -0.497 e. The van der Waals surface area contributed by atoms with Gasteiger partial charge in [0, 0.05) is 12.8 Å². The topological polar surface area (TPSA) is 64.6 Å². The highest BCUT2D eigenvalue weighted by atomic mass is 16.5. The van der Waals surface area contributed by atoms with Crippen molar-refractivity contribution in [2.75, 3.05) is 14.2 Å². The summed E-state index contributed by atoms with van der Waals surface area (Å²) in [7, 11) is 2.93. The molecule has 1 amide bonds. The number of nitrogens with one attached hydrogen (secondary N) is 1. The van der Waals surface area contributed by atoms with Crippen LogP contribution in [0.15, 0.2) is 24.3 Å². The van der Waals surface area contributed by atoms with E-state index >= 15 is 0 Å². The molecule has 0 spiro atoms. The number of carbonyl (C=O) groups is 2. The van der Waals surface area contributed by atoms with Gasteiger partial charge in [-0.1, -0.05) is 12.1 Å². The van der Waals surface area contributed by atoms with Crippen LogP contribution in [0.3, 0.4) is 0 Å². The zero-order valence-corrected chi connectivity index (χ0v) is 11.2. The highest BCUT2D eigenvalue weighted by molar-refractivity contribution is 5.92. The molecular weight excluding hydrogens is 246 g/mol. The van der Waals surface area contributed by atoms with Crippen molar-refractivity contribution in [1.82, 2.24) is 5.32 Å². The number of carbonyl (C=O) groups excluding carboxylic acids is 2. The first-order chi connectivity index (χ1) is 9.03. The van der Waals surface area contributed by atoms with Gasteiger partial charge in [-0.05, 0) is 24.1 Å². The summed E-state index contributed by atoms with van der Waals surface area (Å²) in [5.41, 5.74) is 0.0785. The Hall–Kier alpha value is -2.04. The molecule has 0 radical (unpaired) electrons. The van der Waals surface area contributed by atoms with Gasteiger partial charge in [0.25, 0.3) is 0 Å². The fraction of sp³-hybridized carbons (Fsp3) is 0.429. The van der Waals surface area contributed by atoms with E-state index in [9.17, 15) is 9.59 Å². The predicted octanol–water partition coefficient (Wildman–Crippen LogP) is 1.23. The lowest BCUT2D eigenvalue weighted by molar-refractivity contribution is -0.146. The maximum atomic E-state index is 11.9. The largest absolute Gasteiger partial charge is 0.497 e. The van der Waals surface area contributed by atoms with Gasteiger partial charge < -0.3 is 14.8 Å². The van der Waals surface area contributed by atoms with Crippen LogP contribution in [0, 0.1) is 0 Å². The molecule has 5 heteroatoms. The lowest BCUT2D eigenvalue weighted by Gasteiger charge is -2.16. The molecule has 19 heavy (non-hydrogen) atoms. The Kier molecular flexibility index (Phi) is 3.46. The zero-order valence-electron chi connectivity index (χ0n) is 11.2. The minimum atomic E-state index is -0.908. The average Bonchev–Trinajstić information content (AvgIpc) is 3.12. The second kappa shape index (κ2) is 4.91. The number of esters is 1. The Morgan fingerprint density at radius 3 is 2.37 bits per heavy atom. The zero-order chi connectivity index (χ0) is 14.0. The number of hydrogen-bond acceptors (Lipinski definition) is 4. The van der Waals surface area contributed by atoms with Crippen LogP contribution in [0.1, 0.15) is 24.8 Å². The summed E-state index contributed by atoms with van der Waals surface area (Å²) in [6.07, 6.45) is 0.561. The molecule has 1 aromatic carbocycles. The molecule has 1 aromatic rings. The molecule has 2 atom stereocenters. The molecule has 0 aliphatic heterocycles. The molecule has 0 heterocycles. The first kappa shape index (κ1) is 13.4.